The van der Waals surface area contributed by atoms with Gasteiger partial charge in [-0.05, 0) is 80.0 Å². The first kappa shape index (κ1) is 20.4. The van der Waals surface area contributed by atoms with Crippen molar-refractivity contribution in [3.63, 3.8) is 0 Å². The number of carboxylic acids is 1. The third kappa shape index (κ3) is 3.25. The average molecular weight is 448 g/mol. The van der Waals surface area contributed by atoms with Gasteiger partial charge in [0, 0.05) is 41.3 Å². The largest absolute Gasteiger partial charge is 0.481 e. The summed E-state index contributed by atoms with van der Waals surface area (Å²) in [6.07, 6.45) is 4.94. The highest BCUT2D eigenvalue weighted by Crippen LogP contribution is 2.50. The van der Waals surface area contributed by atoms with Gasteiger partial charge in [0.15, 0.2) is 0 Å². The fourth-order valence-electron chi connectivity index (χ4n) is 5.67. The molecule has 2 N–H and O–H groups in total. The van der Waals surface area contributed by atoms with Gasteiger partial charge < -0.3 is 14.4 Å². The van der Waals surface area contributed by atoms with E-state index < -0.39 is 5.97 Å². The van der Waals surface area contributed by atoms with E-state index in [4.69, 9.17) is 4.74 Å². The van der Waals surface area contributed by atoms with Gasteiger partial charge in [0.2, 0.25) is 0 Å². The lowest BCUT2D eigenvalue weighted by Crippen LogP contribution is -2.30. The Morgan fingerprint density at radius 3 is 2.70 bits per heavy atom. The van der Waals surface area contributed by atoms with E-state index in [-0.39, 0.29) is 17.7 Å². The molecule has 1 aliphatic carbocycles. The topological polar surface area (TPSA) is 80.1 Å². The molecule has 3 heterocycles. The predicted molar refractivity (Wildman–Crippen MR) is 124 cm³/mol. The molecule has 2 aromatic carbocycles. The molecule has 2 aliphatic rings. The van der Waals surface area contributed by atoms with E-state index in [1.807, 2.05) is 18.3 Å². The Kier molecular flexibility index (Phi) is 4.76. The van der Waals surface area contributed by atoms with Crippen LogP contribution in [0.5, 0.6) is 0 Å². The Labute approximate surface area is 190 Å². The van der Waals surface area contributed by atoms with Crippen molar-refractivity contribution in [3.05, 3.63) is 59.2 Å². The van der Waals surface area contributed by atoms with Crippen LogP contribution in [0.15, 0.2) is 36.5 Å². The second kappa shape index (κ2) is 7.70. The van der Waals surface area contributed by atoms with Gasteiger partial charge in [0.05, 0.1) is 23.1 Å². The number of ether oxygens (including phenoxy) is 1. The number of fused-ring (bicyclic) bond motifs is 2. The molecule has 0 amide bonds. The molecule has 0 atom stereocenters. The summed E-state index contributed by atoms with van der Waals surface area (Å²) in [6.45, 7) is 3.21. The summed E-state index contributed by atoms with van der Waals surface area (Å²) in [4.78, 5) is 11.6. The number of H-pyrrole nitrogens is 1. The zero-order valence-electron chi connectivity index (χ0n) is 18.5. The number of carboxylic acid groups (broad SMARTS) is 1. The fourth-order valence-corrected chi connectivity index (χ4v) is 5.67. The minimum absolute atomic E-state index is 0.189. The van der Waals surface area contributed by atoms with Crippen LogP contribution in [-0.4, -0.2) is 39.1 Å². The van der Waals surface area contributed by atoms with E-state index in [0.717, 1.165) is 40.3 Å². The first-order valence-electron chi connectivity index (χ1n) is 11.6. The van der Waals surface area contributed by atoms with Crippen molar-refractivity contribution >= 4 is 27.8 Å². The minimum atomic E-state index is -0.715. The Hall–Kier alpha value is -3.19. The minimum Gasteiger partial charge on any atom is -0.481 e. The average Bonchev–Trinajstić information content (AvgIpc) is 3.36. The maximum atomic E-state index is 14.2. The number of hydrogen-bond donors (Lipinski definition) is 2. The van der Waals surface area contributed by atoms with Gasteiger partial charge >= 0.3 is 5.97 Å². The summed E-state index contributed by atoms with van der Waals surface area (Å²) in [5, 5.41) is 18.9. The van der Waals surface area contributed by atoms with Gasteiger partial charge in [0.1, 0.15) is 5.82 Å². The van der Waals surface area contributed by atoms with Crippen LogP contribution in [-0.2, 0) is 9.53 Å². The second-order valence-corrected chi connectivity index (χ2v) is 9.48. The Bertz CT molecular complexity index is 1380. The molecule has 170 valence electrons. The van der Waals surface area contributed by atoms with Crippen molar-refractivity contribution in [2.75, 3.05) is 13.2 Å². The summed E-state index contributed by atoms with van der Waals surface area (Å²) < 4.78 is 22.1. The molecule has 0 radical (unpaired) electrons. The van der Waals surface area contributed by atoms with Crippen LogP contribution >= 0.6 is 0 Å². The smallest absolute Gasteiger partial charge is 0.306 e. The van der Waals surface area contributed by atoms with Crippen LogP contribution in [0.3, 0.4) is 0 Å². The highest BCUT2D eigenvalue weighted by molar-refractivity contribution is 5.99. The number of nitrogens with one attached hydrogen (secondary N) is 1. The number of aliphatic carboxylic acids is 1. The maximum Gasteiger partial charge on any atom is 0.306 e. The number of aryl methyl sites for hydroxylation is 1. The van der Waals surface area contributed by atoms with Gasteiger partial charge in [-0.1, -0.05) is 0 Å². The number of aromatic amines is 1. The normalized spacial score (nSPS) is 21.5. The quantitative estimate of drug-likeness (QED) is 0.437. The summed E-state index contributed by atoms with van der Waals surface area (Å²) in [7, 11) is 0. The lowest BCUT2D eigenvalue weighted by molar-refractivity contribution is -0.145. The van der Waals surface area contributed by atoms with Gasteiger partial charge in [-0.2, -0.15) is 5.10 Å². The molecule has 1 aliphatic heterocycles. The summed E-state index contributed by atoms with van der Waals surface area (Å²) in [5.41, 5.74) is 6.03. The summed E-state index contributed by atoms with van der Waals surface area (Å²) in [5.74, 6) is -0.738. The van der Waals surface area contributed by atoms with Gasteiger partial charge in [-0.3, -0.25) is 9.89 Å². The summed E-state index contributed by atoms with van der Waals surface area (Å²) in [6, 6.07) is 9.57. The predicted octanol–water partition coefficient (Wildman–Crippen LogP) is 5.43. The number of rotatable bonds is 4. The van der Waals surface area contributed by atoms with E-state index in [9.17, 15) is 14.3 Å². The number of carbonyl (C=O) groups is 1. The first-order chi connectivity index (χ1) is 16.0. The van der Waals surface area contributed by atoms with E-state index in [0.29, 0.717) is 37.5 Å². The number of hydrogen-bond acceptors (Lipinski definition) is 3. The van der Waals surface area contributed by atoms with Crippen molar-refractivity contribution in [2.45, 2.75) is 44.4 Å². The molecule has 1 saturated carbocycles. The molecule has 4 aromatic rings. The van der Waals surface area contributed by atoms with E-state index in [2.05, 4.69) is 26.9 Å². The van der Waals surface area contributed by atoms with Crippen molar-refractivity contribution in [1.29, 1.82) is 0 Å². The molecule has 7 heteroatoms. The van der Waals surface area contributed by atoms with Crippen molar-refractivity contribution in [2.24, 2.45) is 5.92 Å². The van der Waals surface area contributed by atoms with Crippen LogP contribution in [0.25, 0.3) is 27.5 Å². The molecular weight excluding hydrogens is 421 g/mol. The highest BCUT2D eigenvalue weighted by Gasteiger charge is 2.40. The molecule has 0 unspecified atom stereocenters. The third-order valence-electron chi connectivity index (χ3n) is 7.51. The van der Waals surface area contributed by atoms with Crippen LogP contribution < -0.4 is 0 Å². The summed E-state index contributed by atoms with van der Waals surface area (Å²) >= 11 is 0. The van der Waals surface area contributed by atoms with Crippen molar-refractivity contribution in [3.8, 4) is 5.69 Å². The number of benzene rings is 2. The molecule has 2 fully saturated rings. The van der Waals surface area contributed by atoms with Gasteiger partial charge in [-0.25, -0.2) is 4.39 Å². The van der Waals surface area contributed by atoms with Crippen molar-refractivity contribution in [1.82, 2.24) is 14.8 Å². The molecule has 1 saturated heterocycles. The Morgan fingerprint density at radius 1 is 1.18 bits per heavy atom. The SMILES string of the molecule is Cc1cc(-n2c(C3CCOCC3)c([C@H]3C[C@H](C(=O)O)C3)c3cc4[nH]ncc4cc32)ccc1F. The standard InChI is InChI=1S/C26H26FN3O3/c1-14-8-19(2-3-21(14)27)30-23-11-18-13-28-29-22(18)12-20(23)24(16-9-17(10-16)26(31)32)25(30)15-4-6-33-7-5-15/h2-3,8,11-13,15-17H,4-7,9-10H2,1H3,(H,28,29)(H,31,32)/t16-,17-. The van der Waals surface area contributed by atoms with Crippen LogP contribution in [0.2, 0.25) is 0 Å². The van der Waals surface area contributed by atoms with Gasteiger partial charge in [0.25, 0.3) is 0 Å². The van der Waals surface area contributed by atoms with Crippen LogP contribution in [0.1, 0.15) is 54.3 Å². The maximum absolute atomic E-state index is 14.2. The van der Waals surface area contributed by atoms with E-state index in [1.54, 1.807) is 6.92 Å². The highest BCUT2D eigenvalue weighted by atomic mass is 19.1. The van der Waals surface area contributed by atoms with Crippen molar-refractivity contribution < 1.29 is 19.0 Å². The molecule has 0 spiro atoms. The van der Waals surface area contributed by atoms with Gasteiger partial charge in [-0.15, -0.1) is 0 Å². The molecule has 6 nitrogen and oxygen atoms in total. The lowest BCUT2D eigenvalue weighted by atomic mass is 9.69. The Morgan fingerprint density at radius 2 is 1.97 bits per heavy atom. The zero-order chi connectivity index (χ0) is 22.7. The van der Waals surface area contributed by atoms with Crippen LogP contribution in [0, 0.1) is 18.7 Å². The first-order valence-corrected chi connectivity index (χ1v) is 11.6. The number of halogens is 1. The molecule has 0 bridgehead atoms. The third-order valence-corrected chi connectivity index (χ3v) is 7.51. The van der Waals surface area contributed by atoms with E-state index in [1.165, 1.54) is 17.3 Å². The second-order valence-electron chi connectivity index (χ2n) is 9.48. The van der Waals surface area contributed by atoms with E-state index >= 15 is 0 Å². The molecular formula is C26H26FN3O3. The molecule has 2 aromatic heterocycles. The lowest BCUT2D eigenvalue weighted by Gasteiger charge is -2.35. The molecule has 33 heavy (non-hydrogen) atoms. The fraction of sp³-hybridized carbons (Fsp3) is 0.385. The zero-order valence-corrected chi connectivity index (χ0v) is 18.5. The number of aromatic nitrogens is 3. The number of nitrogens with zero attached hydrogens (tertiary/aromatic N) is 2. The Balaban J connectivity index is 1.65. The molecule has 6 rings (SSSR count). The van der Waals surface area contributed by atoms with Crippen LogP contribution in [0.4, 0.5) is 4.39 Å². The monoisotopic (exact) mass is 447 g/mol.